The molecule has 1 saturated heterocycles. The molecule has 2 nitrogen and oxygen atoms in total. The van der Waals surface area contributed by atoms with Crippen LogP contribution in [-0.2, 0) is 6.54 Å². The number of nitrogens with zero attached hydrogens (tertiary/aromatic N) is 1. The van der Waals surface area contributed by atoms with Gasteiger partial charge in [0.05, 0.1) is 0 Å². The second-order valence-corrected chi connectivity index (χ2v) is 7.47. The SMILES string of the molecule is c1ccc(CN2CCC(CNC3CC3c3ccccc3)CC2)cc1. The fraction of sp³-hybridized carbons (Fsp3) is 0.455. The maximum absolute atomic E-state index is 3.82. The summed E-state index contributed by atoms with van der Waals surface area (Å²) < 4.78 is 0. The Kier molecular flexibility index (Phi) is 4.96. The predicted octanol–water partition coefficient (Wildman–Crippen LogP) is 4.04. The van der Waals surface area contributed by atoms with Gasteiger partial charge in [0.25, 0.3) is 0 Å². The van der Waals surface area contributed by atoms with Crippen molar-refractivity contribution in [2.45, 2.75) is 37.8 Å². The van der Waals surface area contributed by atoms with E-state index in [1.807, 2.05) is 0 Å². The first-order valence-corrected chi connectivity index (χ1v) is 9.43. The lowest BCUT2D eigenvalue weighted by molar-refractivity contribution is 0.175. The van der Waals surface area contributed by atoms with Crippen molar-refractivity contribution in [2.24, 2.45) is 5.92 Å². The lowest BCUT2D eigenvalue weighted by Gasteiger charge is -2.32. The predicted molar refractivity (Wildman–Crippen MR) is 100 cm³/mol. The largest absolute Gasteiger partial charge is 0.313 e. The van der Waals surface area contributed by atoms with Crippen LogP contribution in [0.1, 0.15) is 36.3 Å². The van der Waals surface area contributed by atoms with Crippen molar-refractivity contribution in [3.05, 3.63) is 71.8 Å². The molecule has 2 fully saturated rings. The van der Waals surface area contributed by atoms with Crippen LogP contribution in [0.2, 0.25) is 0 Å². The van der Waals surface area contributed by atoms with Crippen LogP contribution < -0.4 is 5.32 Å². The van der Waals surface area contributed by atoms with Gasteiger partial charge in [-0.05, 0) is 55.9 Å². The standard InChI is InChI=1S/C22H28N2/c1-3-7-19(8-4-1)17-24-13-11-18(12-14-24)16-23-22-15-21(22)20-9-5-2-6-10-20/h1-10,18,21-23H,11-17H2. The van der Waals surface area contributed by atoms with Gasteiger partial charge in [0, 0.05) is 18.5 Å². The van der Waals surface area contributed by atoms with E-state index < -0.39 is 0 Å². The molecule has 126 valence electrons. The second-order valence-electron chi connectivity index (χ2n) is 7.47. The Balaban J connectivity index is 1.17. The summed E-state index contributed by atoms with van der Waals surface area (Å²) in [5.74, 6) is 1.61. The number of piperidine rings is 1. The Labute approximate surface area is 145 Å². The summed E-state index contributed by atoms with van der Waals surface area (Å²) in [6.07, 6.45) is 3.99. The van der Waals surface area contributed by atoms with Gasteiger partial charge in [-0.3, -0.25) is 4.90 Å². The van der Waals surface area contributed by atoms with Gasteiger partial charge in [0.15, 0.2) is 0 Å². The summed E-state index contributed by atoms with van der Waals surface area (Å²) in [4.78, 5) is 2.61. The maximum atomic E-state index is 3.82. The Bertz CT molecular complexity index is 617. The van der Waals surface area contributed by atoms with E-state index in [2.05, 4.69) is 70.9 Å². The van der Waals surface area contributed by atoms with Crippen molar-refractivity contribution in [2.75, 3.05) is 19.6 Å². The minimum absolute atomic E-state index is 0.717. The molecule has 2 atom stereocenters. The van der Waals surface area contributed by atoms with E-state index in [0.29, 0.717) is 0 Å². The van der Waals surface area contributed by atoms with Gasteiger partial charge in [0.1, 0.15) is 0 Å². The van der Waals surface area contributed by atoms with Crippen molar-refractivity contribution in [1.29, 1.82) is 0 Å². The molecule has 1 aliphatic carbocycles. The molecule has 1 saturated carbocycles. The van der Waals surface area contributed by atoms with Crippen molar-refractivity contribution in [3.63, 3.8) is 0 Å². The zero-order chi connectivity index (χ0) is 16.2. The topological polar surface area (TPSA) is 15.3 Å². The van der Waals surface area contributed by atoms with Crippen LogP contribution in [0.15, 0.2) is 60.7 Å². The first kappa shape index (κ1) is 15.9. The normalized spacial score (nSPS) is 24.8. The highest BCUT2D eigenvalue weighted by Gasteiger charge is 2.38. The van der Waals surface area contributed by atoms with E-state index >= 15 is 0 Å². The highest BCUT2D eigenvalue weighted by molar-refractivity contribution is 5.27. The van der Waals surface area contributed by atoms with Crippen LogP contribution in [0, 0.1) is 5.92 Å². The Hall–Kier alpha value is -1.64. The third-order valence-corrected chi connectivity index (χ3v) is 5.64. The summed E-state index contributed by atoms with van der Waals surface area (Å²) in [7, 11) is 0. The van der Waals surface area contributed by atoms with Crippen molar-refractivity contribution < 1.29 is 0 Å². The minimum atomic E-state index is 0.717. The van der Waals surface area contributed by atoms with Gasteiger partial charge in [-0.2, -0.15) is 0 Å². The van der Waals surface area contributed by atoms with Gasteiger partial charge >= 0.3 is 0 Å². The molecule has 2 aliphatic rings. The Morgan fingerprint density at radius 3 is 2.25 bits per heavy atom. The molecule has 0 spiro atoms. The van der Waals surface area contributed by atoms with Gasteiger partial charge in [-0.25, -0.2) is 0 Å². The molecular weight excluding hydrogens is 292 g/mol. The number of hydrogen-bond donors (Lipinski definition) is 1. The van der Waals surface area contributed by atoms with Crippen LogP contribution in [0.3, 0.4) is 0 Å². The third-order valence-electron chi connectivity index (χ3n) is 5.64. The fourth-order valence-electron chi connectivity index (χ4n) is 4.00. The minimum Gasteiger partial charge on any atom is -0.313 e. The van der Waals surface area contributed by atoms with Crippen LogP contribution >= 0.6 is 0 Å². The molecule has 2 heteroatoms. The quantitative estimate of drug-likeness (QED) is 0.864. The van der Waals surface area contributed by atoms with Crippen molar-refractivity contribution in [3.8, 4) is 0 Å². The number of nitrogens with one attached hydrogen (secondary N) is 1. The van der Waals surface area contributed by atoms with Crippen LogP contribution in [0.25, 0.3) is 0 Å². The zero-order valence-corrected chi connectivity index (χ0v) is 14.4. The van der Waals surface area contributed by atoms with E-state index in [1.54, 1.807) is 0 Å². The zero-order valence-electron chi connectivity index (χ0n) is 14.4. The van der Waals surface area contributed by atoms with Gasteiger partial charge in [0.2, 0.25) is 0 Å². The molecular formula is C22H28N2. The smallest absolute Gasteiger partial charge is 0.0233 e. The van der Waals surface area contributed by atoms with E-state index in [-0.39, 0.29) is 0 Å². The molecule has 2 aromatic rings. The molecule has 1 aliphatic heterocycles. The monoisotopic (exact) mass is 320 g/mol. The number of hydrogen-bond acceptors (Lipinski definition) is 2. The molecule has 24 heavy (non-hydrogen) atoms. The summed E-state index contributed by atoms with van der Waals surface area (Å²) >= 11 is 0. The van der Waals surface area contributed by atoms with E-state index in [9.17, 15) is 0 Å². The molecule has 2 unspecified atom stereocenters. The molecule has 0 radical (unpaired) electrons. The van der Waals surface area contributed by atoms with Crippen LogP contribution in [-0.4, -0.2) is 30.6 Å². The van der Waals surface area contributed by atoms with Gasteiger partial charge in [-0.1, -0.05) is 60.7 Å². The molecule has 0 aromatic heterocycles. The molecule has 0 bridgehead atoms. The summed E-state index contributed by atoms with van der Waals surface area (Å²) in [6.45, 7) is 4.80. The number of rotatable bonds is 6. The second kappa shape index (κ2) is 7.50. The lowest BCUT2D eigenvalue weighted by atomic mass is 9.96. The molecule has 2 aromatic carbocycles. The van der Waals surface area contributed by atoms with E-state index in [4.69, 9.17) is 0 Å². The highest BCUT2D eigenvalue weighted by Crippen LogP contribution is 2.40. The van der Waals surface area contributed by atoms with Gasteiger partial charge in [-0.15, -0.1) is 0 Å². The molecule has 1 heterocycles. The lowest BCUT2D eigenvalue weighted by Crippen LogP contribution is -2.37. The average molecular weight is 320 g/mol. The van der Waals surface area contributed by atoms with Gasteiger partial charge < -0.3 is 5.32 Å². The van der Waals surface area contributed by atoms with Crippen molar-refractivity contribution >= 4 is 0 Å². The van der Waals surface area contributed by atoms with E-state index in [0.717, 1.165) is 24.4 Å². The maximum Gasteiger partial charge on any atom is 0.0233 e. The average Bonchev–Trinajstić information content (AvgIpc) is 3.43. The van der Waals surface area contributed by atoms with Crippen molar-refractivity contribution in [1.82, 2.24) is 10.2 Å². The first-order valence-electron chi connectivity index (χ1n) is 9.43. The molecule has 1 N–H and O–H groups in total. The number of likely N-dealkylation sites (tertiary alicyclic amines) is 1. The summed E-state index contributed by atoms with van der Waals surface area (Å²) in [6, 6.07) is 22.6. The highest BCUT2D eigenvalue weighted by atomic mass is 15.1. The van der Waals surface area contributed by atoms with E-state index in [1.165, 1.54) is 50.0 Å². The molecule has 4 rings (SSSR count). The Morgan fingerprint density at radius 1 is 0.875 bits per heavy atom. The third kappa shape index (κ3) is 4.06. The van der Waals surface area contributed by atoms with Crippen LogP contribution in [0.5, 0.6) is 0 Å². The summed E-state index contributed by atoms with van der Waals surface area (Å²) in [5, 5.41) is 3.82. The van der Waals surface area contributed by atoms with Crippen LogP contribution in [0.4, 0.5) is 0 Å². The molecule has 0 amide bonds. The first-order chi connectivity index (χ1) is 11.9. The Morgan fingerprint density at radius 2 is 1.54 bits per heavy atom. The fourth-order valence-corrected chi connectivity index (χ4v) is 4.00. The summed E-state index contributed by atoms with van der Waals surface area (Å²) in [5.41, 5.74) is 2.95. The number of benzene rings is 2.